The van der Waals surface area contributed by atoms with E-state index in [0.29, 0.717) is 12.3 Å². The molecule has 5 nitrogen and oxygen atoms in total. The van der Waals surface area contributed by atoms with Crippen LogP contribution in [0.3, 0.4) is 0 Å². The lowest BCUT2D eigenvalue weighted by Gasteiger charge is -2.38. The number of aliphatic hydroxyl groups is 1. The summed E-state index contributed by atoms with van der Waals surface area (Å²) in [5.74, 6) is 0.297. The van der Waals surface area contributed by atoms with E-state index in [0.717, 1.165) is 0 Å². The van der Waals surface area contributed by atoms with Crippen molar-refractivity contribution in [1.29, 1.82) is 0 Å². The minimum absolute atomic E-state index is 0.176. The monoisotopic (exact) mass is 255 g/mol. The molecule has 102 valence electrons. The molecule has 1 heterocycles. The molecule has 1 rings (SSSR count). The van der Waals surface area contributed by atoms with Crippen molar-refractivity contribution in [3.8, 4) is 0 Å². The van der Waals surface area contributed by atoms with Crippen LogP contribution in [-0.4, -0.2) is 29.3 Å². The highest BCUT2D eigenvalue weighted by atomic mass is 16.5. The molecule has 0 aromatic carbocycles. The summed E-state index contributed by atoms with van der Waals surface area (Å²) in [7, 11) is 1.31. The summed E-state index contributed by atoms with van der Waals surface area (Å²) in [4.78, 5) is 11.2. The van der Waals surface area contributed by atoms with Gasteiger partial charge in [-0.2, -0.15) is 0 Å². The highest BCUT2D eigenvalue weighted by Crippen LogP contribution is 2.21. The molecule has 0 amide bonds. The molecule has 0 spiro atoms. The zero-order chi connectivity index (χ0) is 14.0. The quantitative estimate of drug-likeness (QED) is 0.784. The van der Waals surface area contributed by atoms with Crippen LogP contribution in [0.15, 0.2) is 16.5 Å². The summed E-state index contributed by atoms with van der Waals surface area (Å²) in [5, 5.41) is 13.2. The van der Waals surface area contributed by atoms with E-state index in [9.17, 15) is 9.90 Å². The van der Waals surface area contributed by atoms with E-state index in [1.54, 1.807) is 26.0 Å². The minimum atomic E-state index is -0.870. The second kappa shape index (κ2) is 5.12. The van der Waals surface area contributed by atoms with Crippen molar-refractivity contribution < 1.29 is 19.1 Å². The van der Waals surface area contributed by atoms with Gasteiger partial charge < -0.3 is 19.6 Å². The maximum Gasteiger partial charge on any atom is 0.373 e. The molecule has 0 bridgehead atoms. The van der Waals surface area contributed by atoms with Crippen LogP contribution < -0.4 is 5.32 Å². The van der Waals surface area contributed by atoms with Gasteiger partial charge in [0.25, 0.3) is 0 Å². The topological polar surface area (TPSA) is 71.7 Å². The number of hydrogen-bond donors (Lipinski definition) is 2. The molecule has 0 fully saturated rings. The van der Waals surface area contributed by atoms with Gasteiger partial charge in [-0.3, -0.25) is 0 Å². The molecule has 0 aliphatic heterocycles. The Morgan fingerprint density at radius 3 is 2.50 bits per heavy atom. The zero-order valence-electron chi connectivity index (χ0n) is 11.5. The lowest BCUT2D eigenvalue weighted by molar-refractivity contribution is -0.00610. The van der Waals surface area contributed by atoms with Gasteiger partial charge in [0.2, 0.25) is 5.76 Å². The molecule has 0 atom stereocenters. The molecule has 0 aliphatic carbocycles. The Morgan fingerprint density at radius 2 is 2.00 bits per heavy atom. The van der Waals surface area contributed by atoms with Gasteiger partial charge in [-0.25, -0.2) is 4.79 Å². The van der Waals surface area contributed by atoms with Gasteiger partial charge in [-0.1, -0.05) is 0 Å². The Morgan fingerprint density at radius 1 is 1.39 bits per heavy atom. The van der Waals surface area contributed by atoms with Crippen molar-refractivity contribution in [2.75, 3.05) is 7.11 Å². The van der Waals surface area contributed by atoms with E-state index in [4.69, 9.17) is 4.42 Å². The number of carbonyl (C=O) groups is 1. The summed E-state index contributed by atoms with van der Waals surface area (Å²) >= 11 is 0. The van der Waals surface area contributed by atoms with Crippen molar-refractivity contribution in [3.05, 3.63) is 23.7 Å². The molecule has 1 aromatic heterocycles. The third kappa shape index (κ3) is 3.34. The lowest BCUT2D eigenvalue weighted by atomic mass is 9.86. The number of esters is 1. The van der Waals surface area contributed by atoms with Crippen LogP contribution in [-0.2, 0) is 11.3 Å². The van der Waals surface area contributed by atoms with E-state index in [1.807, 2.05) is 13.8 Å². The maximum absolute atomic E-state index is 11.2. The van der Waals surface area contributed by atoms with E-state index in [-0.39, 0.29) is 5.76 Å². The van der Waals surface area contributed by atoms with Crippen LogP contribution in [0.2, 0.25) is 0 Å². The largest absolute Gasteiger partial charge is 0.463 e. The molecule has 5 heteroatoms. The Balaban J connectivity index is 2.65. The Bertz CT molecular complexity index is 415. The first-order chi connectivity index (χ1) is 8.17. The number of nitrogens with one attached hydrogen (secondary N) is 1. The second-order valence-electron chi connectivity index (χ2n) is 5.30. The second-order valence-corrected chi connectivity index (χ2v) is 5.30. The standard InChI is InChI=1S/C13H21NO4/c1-12(2,13(3,4)16)14-8-9-6-7-10(18-9)11(15)17-5/h6-7,14,16H,8H2,1-5H3. The molecule has 0 aliphatic rings. The Kier molecular flexibility index (Phi) is 4.19. The van der Waals surface area contributed by atoms with Gasteiger partial charge in [-0.05, 0) is 39.8 Å². The van der Waals surface area contributed by atoms with E-state index < -0.39 is 17.1 Å². The third-order valence-corrected chi connectivity index (χ3v) is 3.28. The smallest absolute Gasteiger partial charge is 0.373 e. The SMILES string of the molecule is COC(=O)c1ccc(CNC(C)(C)C(C)(C)O)o1. The predicted molar refractivity (Wildman–Crippen MR) is 67.3 cm³/mol. The van der Waals surface area contributed by atoms with Crippen molar-refractivity contribution in [1.82, 2.24) is 5.32 Å². The van der Waals surface area contributed by atoms with Gasteiger partial charge in [0.05, 0.1) is 19.3 Å². The first kappa shape index (κ1) is 14.7. The fraction of sp³-hybridized carbons (Fsp3) is 0.615. The van der Waals surface area contributed by atoms with Gasteiger partial charge in [-0.15, -0.1) is 0 Å². The van der Waals surface area contributed by atoms with E-state index >= 15 is 0 Å². The van der Waals surface area contributed by atoms with Crippen LogP contribution in [0.5, 0.6) is 0 Å². The predicted octanol–water partition coefficient (Wildman–Crippen LogP) is 1.71. The number of furan rings is 1. The molecule has 0 saturated heterocycles. The molecule has 0 unspecified atom stereocenters. The van der Waals surface area contributed by atoms with Gasteiger partial charge >= 0.3 is 5.97 Å². The normalized spacial score (nSPS) is 12.6. The first-order valence-electron chi connectivity index (χ1n) is 5.82. The first-order valence-corrected chi connectivity index (χ1v) is 5.82. The van der Waals surface area contributed by atoms with Crippen LogP contribution in [0, 0.1) is 0 Å². The highest BCUT2D eigenvalue weighted by molar-refractivity contribution is 5.86. The molecule has 2 N–H and O–H groups in total. The van der Waals surface area contributed by atoms with Crippen LogP contribution >= 0.6 is 0 Å². The molecule has 0 radical (unpaired) electrons. The Hall–Kier alpha value is -1.33. The number of ether oxygens (including phenoxy) is 1. The summed E-state index contributed by atoms with van der Waals surface area (Å²) in [6.07, 6.45) is 0. The van der Waals surface area contributed by atoms with Crippen LogP contribution in [0.4, 0.5) is 0 Å². The number of rotatable bonds is 5. The van der Waals surface area contributed by atoms with Gasteiger partial charge in [0.15, 0.2) is 0 Å². The number of methoxy groups -OCH3 is 1. The summed E-state index contributed by atoms with van der Waals surface area (Å²) < 4.78 is 9.88. The van der Waals surface area contributed by atoms with E-state index in [1.165, 1.54) is 7.11 Å². The van der Waals surface area contributed by atoms with Crippen molar-refractivity contribution in [3.63, 3.8) is 0 Å². The van der Waals surface area contributed by atoms with E-state index in [2.05, 4.69) is 10.1 Å². The van der Waals surface area contributed by atoms with Crippen molar-refractivity contribution in [2.45, 2.75) is 45.4 Å². The molecular weight excluding hydrogens is 234 g/mol. The average Bonchev–Trinajstić information content (AvgIpc) is 2.72. The van der Waals surface area contributed by atoms with Crippen molar-refractivity contribution in [2.24, 2.45) is 0 Å². The zero-order valence-corrected chi connectivity index (χ0v) is 11.5. The molecule has 18 heavy (non-hydrogen) atoms. The van der Waals surface area contributed by atoms with Crippen LogP contribution in [0.1, 0.15) is 44.0 Å². The molecule has 1 aromatic rings. The molecular formula is C13H21NO4. The number of carbonyl (C=O) groups excluding carboxylic acids is 1. The summed E-state index contributed by atoms with van der Waals surface area (Å²) in [5.41, 5.74) is -1.35. The fourth-order valence-electron chi connectivity index (χ4n) is 1.21. The minimum Gasteiger partial charge on any atom is -0.463 e. The van der Waals surface area contributed by atoms with Gasteiger partial charge in [0, 0.05) is 5.54 Å². The third-order valence-electron chi connectivity index (χ3n) is 3.28. The van der Waals surface area contributed by atoms with Gasteiger partial charge in [0.1, 0.15) is 5.76 Å². The summed E-state index contributed by atoms with van der Waals surface area (Å²) in [6, 6.07) is 3.28. The summed E-state index contributed by atoms with van der Waals surface area (Å²) in [6.45, 7) is 7.70. The maximum atomic E-state index is 11.2. The molecule has 0 saturated carbocycles. The highest BCUT2D eigenvalue weighted by Gasteiger charge is 2.34. The van der Waals surface area contributed by atoms with Crippen LogP contribution in [0.25, 0.3) is 0 Å². The fourth-order valence-corrected chi connectivity index (χ4v) is 1.21. The average molecular weight is 255 g/mol. The number of hydrogen-bond acceptors (Lipinski definition) is 5. The van der Waals surface area contributed by atoms with Crippen molar-refractivity contribution >= 4 is 5.97 Å². The Labute approximate surface area is 107 Å². The lowest BCUT2D eigenvalue weighted by Crippen LogP contribution is -2.55.